The fourth-order valence-corrected chi connectivity index (χ4v) is 5.94. The topological polar surface area (TPSA) is 59.1 Å². The van der Waals surface area contributed by atoms with Crippen LogP contribution in [0.4, 0.5) is 0 Å². The zero-order valence-electron chi connectivity index (χ0n) is 23.2. The van der Waals surface area contributed by atoms with Gasteiger partial charge >= 0.3 is 0 Å². The Morgan fingerprint density at radius 1 is 0.947 bits per heavy atom. The van der Waals surface area contributed by atoms with Gasteiger partial charge in [-0.15, -0.1) is 0 Å². The predicted molar refractivity (Wildman–Crippen MR) is 151 cm³/mol. The van der Waals surface area contributed by atoms with Crippen molar-refractivity contribution < 1.29 is 19.1 Å². The molecule has 1 aliphatic heterocycles. The number of fused-ring (bicyclic) bond motifs is 2. The second-order valence-electron chi connectivity index (χ2n) is 10.6. The lowest BCUT2D eigenvalue weighted by molar-refractivity contribution is -0.136. The third kappa shape index (κ3) is 7.09. The van der Waals surface area contributed by atoms with Gasteiger partial charge in [-0.05, 0) is 68.7 Å². The molecule has 2 aromatic rings. The number of carbonyl (C=O) groups is 2. The average Bonchev–Trinajstić information content (AvgIpc) is 2.95. The van der Waals surface area contributed by atoms with Crippen molar-refractivity contribution in [3.63, 3.8) is 0 Å². The summed E-state index contributed by atoms with van der Waals surface area (Å²) in [5, 5.41) is 0. The summed E-state index contributed by atoms with van der Waals surface area (Å²) in [5.74, 6) is 1.71. The SMILES string of the molecule is CCCN1CCCCCCN(C(=O)CCc2ccccc2OC)[C@@H]2CCCC[C@@H]2Oc2ccccc2C1=O. The van der Waals surface area contributed by atoms with Crippen molar-refractivity contribution in [3.05, 3.63) is 59.7 Å². The van der Waals surface area contributed by atoms with Crippen LogP contribution in [0.3, 0.4) is 0 Å². The Labute approximate surface area is 228 Å². The molecule has 0 N–H and O–H groups in total. The van der Waals surface area contributed by atoms with E-state index in [9.17, 15) is 9.59 Å². The number of ether oxygens (including phenoxy) is 2. The van der Waals surface area contributed by atoms with Gasteiger partial charge in [-0.25, -0.2) is 0 Å². The lowest BCUT2D eigenvalue weighted by Gasteiger charge is -2.40. The van der Waals surface area contributed by atoms with E-state index in [4.69, 9.17) is 9.47 Å². The van der Waals surface area contributed by atoms with E-state index in [1.165, 1.54) is 0 Å². The third-order valence-corrected chi connectivity index (χ3v) is 7.94. The molecule has 0 radical (unpaired) electrons. The van der Waals surface area contributed by atoms with Gasteiger partial charge in [-0.3, -0.25) is 9.59 Å². The quantitative estimate of drug-likeness (QED) is 0.450. The van der Waals surface area contributed by atoms with Crippen molar-refractivity contribution in [2.24, 2.45) is 0 Å². The van der Waals surface area contributed by atoms with E-state index in [1.807, 2.05) is 53.4 Å². The average molecular weight is 521 g/mol. The zero-order valence-corrected chi connectivity index (χ0v) is 23.2. The molecule has 6 heteroatoms. The summed E-state index contributed by atoms with van der Waals surface area (Å²) in [5.41, 5.74) is 1.70. The van der Waals surface area contributed by atoms with Crippen LogP contribution in [0.2, 0.25) is 0 Å². The Morgan fingerprint density at radius 3 is 2.50 bits per heavy atom. The minimum atomic E-state index is -0.115. The van der Waals surface area contributed by atoms with Crippen molar-refractivity contribution in [2.75, 3.05) is 26.7 Å². The smallest absolute Gasteiger partial charge is 0.257 e. The van der Waals surface area contributed by atoms with Crippen LogP contribution in [-0.4, -0.2) is 60.5 Å². The molecule has 38 heavy (non-hydrogen) atoms. The van der Waals surface area contributed by atoms with Crippen molar-refractivity contribution in [2.45, 2.75) is 89.7 Å². The summed E-state index contributed by atoms with van der Waals surface area (Å²) in [4.78, 5) is 31.4. The van der Waals surface area contributed by atoms with Crippen molar-refractivity contribution in [1.82, 2.24) is 9.80 Å². The van der Waals surface area contributed by atoms with E-state index in [-0.39, 0.29) is 24.0 Å². The van der Waals surface area contributed by atoms with E-state index in [2.05, 4.69) is 11.8 Å². The van der Waals surface area contributed by atoms with Gasteiger partial charge in [-0.1, -0.05) is 56.5 Å². The van der Waals surface area contributed by atoms with E-state index < -0.39 is 0 Å². The second kappa shape index (κ2) is 14.2. The van der Waals surface area contributed by atoms with Crippen LogP contribution < -0.4 is 9.47 Å². The number of hydrogen-bond donors (Lipinski definition) is 0. The summed E-state index contributed by atoms with van der Waals surface area (Å²) >= 11 is 0. The first-order valence-corrected chi connectivity index (χ1v) is 14.6. The van der Waals surface area contributed by atoms with Gasteiger partial charge in [-0.2, -0.15) is 0 Å². The standard InChI is InChI=1S/C32H44N2O4/c1-3-22-33-23-12-4-5-13-24-34(31(35)21-20-25-14-6-9-17-28(25)37-2)27-16-8-11-19-30(27)38-29-18-10-7-15-26(29)32(33)36/h6-7,9-10,14-15,17-18,27,30H,3-5,8,11-13,16,19-24H2,1-2H3/t27-,30+/m1/s1. The molecular weight excluding hydrogens is 476 g/mol. The third-order valence-electron chi connectivity index (χ3n) is 7.94. The molecule has 2 aliphatic rings. The number of rotatable bonds is 6. The van der Waals surface area contributed by atoms with Gasteiger partial charge in [0.15, 0.2) is 0 Å². The monoisotopic (exact) mass is 520 g/mol. The summed E-state index contributed by atoms with van der Waals surface area (Å²) in [6.45, 7) is 4.39. The molecule has 1 heterocycles. The Morgan fingerprint density at radius 2 is 1.68 bits per heavy atom. The first-order chi connectivity index (χ1) is 18.6. The van der Waals surface area contributed by atoms with Gasteiger partial charge in [0.1, 0.15) is 17.6 Å². The molecule has 0 unspecified atom stereocenters. The Hall–Kier alpha value is -3.02. The maximum Gasteiger partial charge on any atom is 0.257 e. The van der Waals surface area contributed by atoms with E-state index in [1.54, 1.807) is 7.11 Å². The number of nitrogens with zero attached hydrogens (tertiary/aromatic N) is 2. The molecule has 0 spiro atoms. The van der Waals surface area contributed by atoms with Gasteiger partial charge in [0.05, 0.1) is 18.7 Å². The lowest BCUT2D eigenvalue weighted by Crippen LogP contribution is -2.51. The van der Waals surface area contributed by atoms with Crippen LogP contribution in [0.25, 0.3) is 0 Å². The first kappa shape index (κ1) is 28.0. The summed E-state index contributed by atoms with van der Waals surface area (Å²) < 4.78 is 12.2. The van der Waals surface area contributed by atoms with Crippen molar-refractivity contribution in [1.29, 1.82) is 0 Å². The number of para-hydroxylation sites is 2. The number of hydrogen-bond acceptors (Lipinski definition) is 4. The molecule has 1 saturated carbocycles. The number of aryl methyl sites for hydroxylation is 1. The van der Waals surface area contributed by atoms with Crippen LogP contribution in [0.5, 0.6) is 11.5 Å². The van der Waals surface area contributed by atoms with Gasteiger partial charge in [0.2, 0.25) is 5.91 Å². The minimum Gasteiger partial charge on any atom is -0.496 e. The molecule has 2 amide bonds. The molecule has 1 aliphatic carbocycles. The molecule has 206 valence electrons. The zero-order chi connectivity index (χ0) is 26.7. The summed E-state index contributed by atoms with van der Waals surface area (Å²) in [6, 6.07) is 15.6. The van der Waals surface area contributed by atoms with Crippen LogP contribution in [0.15, 0.2) is 48.5 Å². The van der Waals surface area contributed by atoms with Gasteiger partial charge in [0.25, 0.3) is 5.91 Å². The Kier molecular flexibility index (Phi) is 10.5. The molecule has 2 atom stereocenters. The highest BCUT2D eigenvalue weighted by atomic mass is 16.5. The highest BCUT2D eigenvalue weighted by Gasteiger charge is 2.35. The highest BCUT2D eigenvalue weighted by Crippen LogP contribution is 2.31. The molecule has 6 nitrogen and oxygen atoms in total. The van der Waals surface area contributed by atoms with Crippen LogP contribution in [0, 0.1) is 0 Å². The van der Waals surface area contributed by atoms with E-state index in [0.717, 1.165) is 88.7 Å². The number of carbonyl (C=O) groups excluding carboxylic acids is 2. The number of methoxy groups -OCH3 is 1. The normalized spacial score (nSPS) is 21.1. The second-order valence-corrected chi connectivity index (χ2v) is 10.6. The fourth-order valence-electron chi connectivity index (χ4n) is 5.94. The van der Waals surface area contributed by atoms with Crippen molar-refractivity contribution >= 4 is 11.8 Å². The largest absolute Gasteiger partial charge is 0.496 e. The summed E-state index contributed by atoms with van der Waals surface area (Å²) in [7, 11) is 1.68. The first-order valence-electron chi connectivity index (χ1n) is 14.6. The lowest BCUT2D eigenvalue weighted by atomic mass is 9.90. The number of benzene rings is 2. The Balaban J connectivity index is 1.58. The minimum absolute atomic E-state index is 0.0202. The van der Waals surface area contributed by atoms with Crippen LogP contribution >= 0.6 is 0 Å². The van der Waals surface area contributed by atoms with Crippen LogP contribution in [0.1, 0.15) is 87.1 Å². The maximum absolute atomic E-state index is 13.7. The molecule has 2 aromatic carbocycles. The van der Waals surface area contributed by atoms with Gasteiger partial charge < -0.3 is 19.3 Å². The molecule has 0 bridgehead atoms. The highest BCUT2D eigenvalue weighted by molar-refractivity contribution is 5.97. The Bertz CT molecular complexity index is 1060. The summed E-state index contributed by atoms with van der Waals surface area (Å²) in [6.07, 6.45) is 9.97. The predicted octanol–water partition coefficient (Wildman–Crippen LogP) is 6.27. The molecule has 0 aromatic heterocycles. The molecular formula is C32H44N2O4. The molecule has 4 rings (SSSR count). The van der Waals surface area contributed by atoms with Crippen molar-refractivity contribution in [3.8, 4) is 11.5 Å². The van der Waals surface area contributed by atoms with E-state index >= 15 is 0 Å². The fraction of sp³-hybridized carbons (Fsp3) is 0.562. The van der Waals surface area contributed by atoms with Crippen LogP contribution in [-0.2, 0) is 11.2 Å². The molecule has 0 saturated heterocycles. The number of amides is 2. The maximum atomic E-state index is 13.7. The molecule has 1 fully saturated rings. The van der Waals surface area contributed by atoms with Gasteiger partial charge in [0, 0.05) is 26.1 Å². The van der Waals surface area contributed by atoms with E-state index in [0.29, 0.717) is 24.2 Å².